The van der Waals surface area contributed by atoms with Gasteiger partial charge in [-0.25, -0.2) is 0 Å². The zero-order chi connectivity index (χ0) is 15.0. The monoisotopic (exact) mass is 280 g/mol. The van der Waals surface area contributed by atoms with Gasteiger partial charge in [0.1, 0.15) is 0 Å². The fourth-order valence-electron chi connectivity index (χ4n) is 1.77. The topological polar surface area (TPSA) is 61.8 Å². The molecular formula is C15H24N2O3. The lowest BCUT2D eigenvalue weighted by molar-refractivity contribution is -0.0940. The number of carbonyl (C=O) groups is 1. The van der Waals surface area contributed by atoms with Crippen LogP contribution in [-0.2, 0) is 11.3 Å². The lowest BCUT2D eigenvalue weighted by atomic mass is 10.1. The van der Waals surface area contributed by atoms with Gasteiger partial charge in [0, 0.05) is 12.1 Å². The van der Waals surface area contributed by atoms with Crippen molar-refractivity contribution in [3.8, 4) is 0 Å². The van der Waals surface area contributed by atoms with Gasteiger partial charge in [-0.1, -0.05) is 18.2 Å². The van der Waals surface area contributed by atoms with Gasteiger partial charge < -0.3 is 20.1 Å². The van der Waals surface area contributed by atoms with E-state index in [1.807, 2.05) is 32.3 Å². The summed E-state index contributed by atoms with van der Waals surface area (Å²) in [6.07, 6.45) is 0.0663. The first-order valence-electron chi connectivity index (χ1n) is 6.81. The first-order chi connectivity index (χ1) is 9.50. The summed E-state index contributed by atoms with van der Waals surface area (Å²) in [4.78, 5) is 14.2. The summed E-state index contributed by atoms with van der Waals surface area (Å²) < 4.78 is 5.14. The van der Waals surface area contributed by atoms with Crippen LogP contribution in [0.1, 0.15) is 29.3 Å². The Morgan fingerprint density at radius 3 is 2.75 bits per heavy atom. The van der Waals surface area contributed by atoms with Crippen LogP contribution >= 0.6 is 0 Å². The van der Waals surface area contributed by atoms with Gasteiger partial charge in [0.05, 0.1) is 6.61 Å². The number of carbonyl (C=O) groups excluding carboxylic acids is 1. The number of nitrogens with zero attached hydrogens (tertiary/aromatic N) is 1. The van der Waals surface area contributed by atoms with Gasteiger partial charge in [-0.15, -0.1) is 0 Å². The number of ether oxygens (including phenoxy) is 1. The van der Waals surface area contributed by atoms with Gasteiger partial charge in [0.2, 0.25) is 0 Å². The van der Waals surface area contributed by atoms with E-state index < -0.39 is 6.29 Å². The molecule has 112 valence electrons. The molecule has 2 N–H and O–H groups in total. The van der Waals surface area contributed by atoms with Gasteiger partial charge in [0.25, 0.3) is 5.91 Å². The van der Waals surface area contributed by atoms with Crippen molar-refractivity contribution >= 4 is 5.91 Å². The van der Waals surface area contributed by atoms with Crippen molar-refractivity contribution in [1.29, 1.82) is 0 Å². The second-order valence-electron chi connectivity index (χ2n) is 4.98. The molecule has 0 saturated carbocycles. The zero-order valence-electron chi connectivity index (χ0n) is 12.4. The predicted molar refractivity (Wildman–Crippen MR) is 78.4 cm³/mol. The van der Waals surface area contributed by atoms with Crippen LogP contribution in [0.2, 0.25) is 0 Å². The SMILES string of the molecule is CC(O)OCc1ccccc1C(=O)NCCCN(C)C. The summed E-state index contributed by atoms with van der Waals surface area (Å²) in [5, 5.41) is 12.0. The molecule has 0 aliphatic heterocycles. The highest BCUT2D eigenvalue weighted by atomic mass is 16.6. The molecule has 20 heavy (non-hydrogen) atoms. The maximum atomic E-state index is 12.1. The minimum absolute atomic E-state index is 0.103. The van der Waals surface area contributed by atoms with Crippen molar-refractivity contribution in [2.24, 2.45) is 0 Å². The molecule has 0 spiro atoms. The highest BCUT2D eigenvalue weighted by Gasteiger charge is 2.11. The van der Waals surface area contributed by atoms with Crippen LogP contribution in [0.4, 0.5) is 0 Å². The van der Waals surface area contributed by atoms with Crippen LogP contribution in [0, 0.1) is 0 Å². The minimum atomic E-state index is -0.841. The molecule has 1 aromatic carbocycles. The van der Waals surface area contributed by atoms with Gasteiger partial charge in [-0.3, -0.25) is 4.79 Å². The van der Waals surface area contributed by atoms with E-state index in [0.717, 1.165) is 18.5 Å². The molecule has 0 aliphatic carbocycles. The molecule has 1 aromatic rings. The van der Waals surface area contributed by atoms with Gasteiger partial charge in [0.15, 0.2) is 6.29 Å². The minimum Gasteiger partial charge on any atom is -0.368 e. The molecular weight excluding hydrogens is 256 g/mol. The van der Waals surface area contributed by atoms with E-state index in [9.17, 15) is 4.79 Å². The van der Waals surface area contributed by atoms with Gasteiger partial charge in [-0.05, 0) is 45.6 Å². The number of hydrogen-bond donors (Lipinski definition) is 2. The Balaban J connectivity index is 2.54. The fraction of sp³-hybridized carbons (Fsp3) is 0.533. The Morgan fingerprint density at radius 1 is 1.40 bits per heavy atom. The van der Waals surface area contributed by atoms with E-state index in [-0.39, 0.29) is 12.5 Å². The molecule has 0 heterocycles. The molecule has 0 aliphatic rings. The van der Waals surface area contributed by atoms with Crippen molar-refractivity contribution in [1.82, 2.24) is 10.2 Å². The highest BCUT2D eigenvalue weighted by Crippen LogP contribution is 2.11. The number of amides is 1. The Labute approximate surface area is 120 Å². The molecule has 0 aromatic heterocycles. The van der Waals surface area contributed by atoms with E-state index >= 15 is 0 Å². The third-order valence-corrected chi connectivity index (χ3v) is 2.81. The van der Waals surface area contributed by atoms with Crippen molar-refractivity contribution in [3.05, 3.63) is 35.4 Å². The first-order valence-corrected chi connectivity index (χ1v) is 6.81. The summed E-state index contributed by atoms with van der Waals surface area (Å²) in [5.41, 5.74) is 1.37. The van der Waals surface area contributed by atoms with Crippen LogP contribution in [0.25, 0.3) is 0 Å². The molecule has 1 rings (SSSR count). The Bertz CT molecular complexity index is 419. The van der Waals surface area contributed by atoms with Crippen molar-refractivity contribution in [2.75, 3.05) is 27.2 Å². The lowest BCUT2D eigenvalue weighted by Crippen LogP contribution is -2.28. The molecule has 0 bridgehead atoms. The second-order valence-corrected chi connectivity index (χ2v) is 4.98. The van der Waals surface area contributed by atoms with E-state index in [2.05, 4.69) is 10.2 Å². The van der Waals surface area contributed by atoms with Crippen molar-refractivity contribution in [3.63, 3.8) is 0 Å². The van der Waals surface area contributed by atoms with Crippen LogP contribution < -0.4 is 5.32 Å². The van der Waals surface area contributed by atoms with Gasteiger partial charge >= 0.3 is 0 Å². The summed E-state index contributed by atoms with van der Waals surface area (Å²) in [7, 11) is 4.01. The quantitative estimate of drug-likeness (QED) is 0.555. The fourth-order valence-corrected chi connectivity index (χ4v) is 1.77. The van der Waals surface area contributed by atoms with Crippen LogP contribution in [0.5, 0.6) is 0 Å². The normalized spacial score (nSPS) is 12.4. The molecule has 0 fully saturated rings. The average molecular weight is 280 g/mol. The van der Waals surface area contributed by atoms with Crippen LogP contribution in [0.15, 0.2) is 24.3 Å². The number of hydrogen-bond acceptors (Lipinski definition) is 4. The van der Waals surface area contributed by atoms with Crippen LogP contribution in [-0.4, -0.2) is 49.4 Å². The molecule has 1 atom stereocenters. The summed E-state index contributed by atoms with van der Waals surface area (Å²) in [6, 6.07) is 7.27. The highest BCUT2D eigenvalue weighted by molar-refractivity contribution is 5.95. The summed E-state index contributed by atoms with van der Waals surface area (Å²) in [6.45, 7) is 3.35. The smallest absolute Gasteiger partial charge is 0.251 e. The van der Waals surface area contributed by atoms with Crippen LogP contribution in [0.3, 0.4) is 0 Å². The van der Waals surface area contributed by atoms with E-state index in [1.54, 1.807) is 13.0 Å². The number of rotatable bonds is 8. The molecule has 5 heteroatoms. The predicted octanol–water partition coefficient (Wildman–Crippen LogP) is 1.22. The maximum Gasteiger partial charge on any atom is 0.251 e. The third-order valence-electron chi connectivity index (χ3n) is 2.81. The molecule has 5 nitrogen and oxygen atoms in total. The third kappa shape index (κ3) is 6.14. The van der Waals surface area contributed by atoms with E-state index in [4.69, 9.17) is 9.84 Å². The lowest BCUT2D eigenvalue weighted by Gasteiger charge is -2.13. The molecule has 1 amide bonds. The molecule has 0 radical (unpaired) electrons. The first kappa shape index (κ1) is 16.6. The summed E-state index contributed by atoms with van der Waals surface area (Å²) in [5.74, 6) is -0.103. The Hall–Kier alpha value is -1.43. The largest absolute Gasteiger partial charge is 0.368 e. The van der Waals surface area contributed by atoms with E-state index in [0.29, 0.717) is 12.1 Å². The average Bonchev–Trinajstić information content (AvgIpc) is 2.41. The van der Waals surface area contributed by atoms with Crippen molar-refractivity contribution < 1.29 is 14.6 Å². The number of nitrogens with one attached hydrogen (secondary N) is 1. The zero-order valence-corrected chi connectivity index (χ0v) is 12.4. The standard InChI is InChI=1S/C15H24N2O3/c1-12(18)20-11-13-7-4-5-8-14(13)15(19)16-9-6-10-17(2)3/h4-5,7-8,12,18H,6,9-11H2,1-3H3,(H,16,19). The second kappa shape index (κ2) is 8.68. The van der Waals surface area contributed by atoms with E-state index in [1.165, 1.54) is 0 Å². The van der Waals surface area contributed by atoms with Crippen molar-refractivity contribution in [2.45, 2.75) is 26.2 Å². The molecule has 1 unspecified atom stereocenters. The Kier molecular flexibility index (Phi) is 7.22. The number of aliphatic hydroxyl groups excluding tert-OH is 1. The summed E-state index contributed by atoms with van der Waals surface area (Å²) >= 11 is 0. The Morgan fingerprint density at radius 2 is 2.10 bits per heavy atom. The molecule has 0 saturated heterocycles. The maximum absolute atomic E-state index is 12.1. The number of benzene rings is 1. The van der Waals surface area contributed by atoms with Gasteiger partial charge in [-0.2, -0.15) is 0 Å². The number of aliphatic hydroxyl groups is 1.